The lowest BCUT2D eigenvalue weighted by atomic mass is 9.86. The van der Waals surface area contributed by atoms with Gasteiger partial charge >= 0.3 is 5.97 Å². The molecule has 0 spiro atoms. The fraction of sp³-hybridized carbons (Fsp3) is 0.350. The molecule has 0 heterocycles. The molecule has 6 N–H and O–H groups in total. The number of hydrogen-bond acceptors (Lipinski definition) is 6. The molecule has 2 aromatic carbocycles. The van der Waals surface area contributed by atoms with Crippen molar-refractivity contribution in [3.63, 3.8) is 0 Å². The van der Waals surface area contributed by atoms with Gasteiger partial charge in [0, 0.05) is 11.1 Å². The Bertz CT molecular complexity index is 820. The van der Waals surface area contributed by atoms with E-state index in [-0.39, 0.29) is 28.0 Å². The first-order valence-corrected chi connectivity index (χ1v) is 8.42. The number of phenols is 5. The van der Waals surface area contributed by atoms with Crippen molar-refractivity contribution < 1.29 is 35.4 Å². The molecule has 2 rings (SSSR count). The lowest BCUT2D eigenvalue weighted by molar-refractivity contribution is 0.0694. The minimum atomic E-state index is -1.25. The lowest BCUT2D eigenvalue weighted by Gasteiger charge is -2.20. The summed E-state index contributed by atoms with van der Waals surface area (Å²) in [6.45, 7) is 7.78. The van der Waals surface area contributed by atoms with Crippen molar-refractivity contribution in [2.75, 3.05) is 0 Å². The topological polar surface area (TPSA) is 138 Å². The van der Waals surface area contributed by atoms with Crippen LogP contribution in [0.15, 0.2) is 24.3 Å². The molecule has 0 atom stereocenters. The third-order valence-electron chi connectivity index (χ3n) is 3.88. The van der Waals surface area contributed by atoms with E-state index in [1.807, 2.05) is 27.7 Å². The van der Waals surface area contributed by atoms with Crippen LogP contribution in [0.5, 0.6) is 28.7 Å². The Morgan fingerprint density at radius 3 is 1.96 bits per heavy atom. The van der Waals surface area contributed by atoms with E-state index in [0.717, 1.165) is 11.6 Å². The quantitative estimate of drug-likeness (QED) is 0.352. The highest BCUT2D eigenvalue weighted by Crippen LogP contribution is 2.40. The minimum absolute atomic E-state index is 0.136. The van der Waals surface area contributed by atoms with Crippen molar-refractivity contribution in [2.24, 2.45) is 0 Å². The van der Waals surface area contributed by atoms with Crippen LogP contribution in [0.1, 0.15) is 55.6 Å². The number of carboxylic acids is 1. The second kappa shape index (κ2) is 8.53. The summed E-state index contributed by atoms with van der Waals surface area (Å²) in [6.07, 6.45) is 0.944. The molecule has 0 aliphatic rings. The van der Waals surface area contributed by atoms with Crippen LogP contribution in [0.2, 0.25) is 0 Å². The normalized spacial score (nSPS) is 10.8. The average Bonchev–Trinajstić information content (AvgIpc) is 2.57. The van der Waals surface area contributed by atoms with Gasteiger partial charge in [-0.15, -0.1) is 0 Å². The molecule has 0 aromatic heterocycles. The van der Waals surface area contributed by atoms with Crippen molar-refractivity contribution in [1.29, 1.82) is 0 Å². The zero-order valence-electron chi connectivity index (χ0n) is 15.8. The van der Waals surface area contributed by atoms with E-state index in [2.05, 4.69) is 0 Å². The van der Waals surface area contributed by atoms with E-state index in [1.165, 1.54) is 12.1 Å². The van der Waals surface area contributed by atoms with Crippen molar-refractivity contribution in [2.45, 2.75) is 46.0 Å². The van der Waals surface area contributed by atoms with Gasteiger partial charge in [-0.2, -0.15) is 0 Å². The molecule has 0 unspecified atom stereocenters. The molecule has 0 radical (unpaired) electrons. The van der Waals surface area contributed by atoms with E-state index >= 15 is 0 Å². The van der Waals surface area contributed by atoms with Gasteiger partial charge in [0.25, 0.3) is 0 Å². The predicted molar refractivity (Wildman–Crippen MR) is 101 cm³/mol. The van der Waals surface area contributed by atoms with E-state index in [0.29, 0.717) is 12.8 Å². The number of aromatic hydroxyl groups is 5. The lowest BCUT2D eigenvalue weighted by Crippen LogP contribution is -2.10. The van der Waals surface area contributed by atoms with Gasteiger partial charge in [0.2, 0.25) is 5.75 Å². The Kier molecular flexibility index (Phi) is 6.93. The summed E-state index contributed by atoms with van der Waals surface area (Å²) in [5.41, 5.74) is 0.579. The molecule has 2 aromatic rings. The molecule has 0 aliphatic heterocycles. The second-order valence-corrected chi connectivity index (χ2v) is 7.13. The van der Waals surface area contributed by atoms with Crippen LogP contribution >= 0.6 is 0 Å². The largest absolute Gasteiger partial charge is 0.508 e. The average molecular weight is 378 g/mol. The predicted octanol–water partition coefficient (Wildman–Crippen LogP) is 3.85. The highest BCUT2D eigenvalue weighted by Gasteiger charge is 2.20. The van der Waals surface area contributed by atoms with E-state index in [1.54, 1.807) is 6.07 Å². The van der Waals surface area contributed by atoms with Gasteiger partial charge in [0.1, 0.15) is 11.5 Å². The minimum Gasteiger partial charge on any atom is -0.508 e. The van der Waals surface area contributed by atoms with Crippen LogP contribution < -0.4 is 0 Å². The summed E-state index contributed by atoms with van der Waals surface area (Å²) in [5, 5.41) is 55.3. The van der Waals surface area contributed by atoms with Gasteiger partial charge in [-0.05, 0) is 36.1 Å². The summed E-state index contributed by atoms with van der Waals surface area (Å²) in [5.74, 6) is -2.69. The number of aromatic carboxylic acids is 1. The Morgan fingerprint density at radius 1 is 0.926 bits per heavy atom. The van der Waals surface area contributed by atoms with Crippen LogP contribution in [0.3, 0.4) is 0 Å². The first-order valence-electron chi connectivity index (χ1n) is 8.42. The molecule has 0 saturated carbocycles. The smallest absolute Gasteiger partial charge is 0.336 e. The molecule has 148 valence electrons. The van der Waals surface area contributed by atoms with Gasteiger partial charge < -0.3 is 30.6 Å². The van der Waals surface area contributed by atoms with Crippen molar-refractivity contribution >= 4 is 5.97 Å². The Balaban J connectivity index is 0.000000277. The Morgan fingerprint density at radius 2 is 1.52 bits per heavy atom. The Hall–Kier alpha value is -3.09. The van der Waals surface area contributed by atoms with E-state index < -0.39 is 23.2 Å². The summed E-state index contributed by atoms with van der Waals surface area (Å²) in [6, 6.07) is 5.51. The van der Waals surface area contributed by atoms with Crippen molar-refractivity contribution in [1.82, 2.24) is 0 Å². The fourth-order valence-electron chi connectivity index (χ4n) is 2.50. The Labute approximate surface area is 157 Å². The van der Waals surface area contributed by atoms with Crippen molar-refractivity contribution in [3.8, 4) is 28.7 Å². The highest BCUT2D eigenvalue weighted by molar-refractivity contribution is 5.91. The van der Waals surface area contributed by atoms with Gasteiger partial charge in [-0.3, -0.25) is 0 Å². The first-order chi connectivity index (χ1) is 12.4. The maximum absolute atomic E-state index is 10.8. The zero-order valence-corrected chi connectivity index (χ0v) is 15.8. The van der Waals surface area contributed by atoms with Gasteiger partial charge in [-0.25, -0.2) is 4.79 Å². The maximum Gasteiger partial charge on any atom is 0.336 e. The van der Waals surface area contributed by atoms with E-state index in [9.17, 15) is 25.2 Å². The first kappa shape index (κ1) is 22.0. The molecule has 27 heavy (non-hydrogen) atoms. The van der Waals surface area contributed by atoms with Gasteiger partial charge in [0.05, 0.1) is 5.56 Å². The third-order valence-corrected chi connectivity index (χ3v) is 3.88. The number of carboxylic acid groups (broad SMARTS) is 1. The molecule has 0 amide bonds. The third kappa shape index (κ3) is 5.44. The van der Waals surface area contributed by atoms with Gasteiger partial charge in [-0.1, -0.05) is 34.1 Å². The van der Waals surface area contributed by atoms with Crippen LogP contribution in [0.4, 0.5) is 0 Å². The summed E-state index contributed by atoms with van der Waals surface area (Å²) in [7, 11) is 0. The molecular weight excluding hydrogens is 352 g/mol. The maximum atomic E-state index is 10.8. The molecule has 0 bridgehead atoms. The summed E-state index contributed by atoms with van der Waals surface area (Å²) in [4.78, 5) is 10.8. The van der Waals surface area contributed by atoms with Gasteiger partial charge in [0.15, 0.2) is 11.5 Å². The monoisotopic (exact) mass is 378 g/mol. The molecule has 7 heteroatoms. The van der Waals surface area contributed by atoms with E-state index in [4.69, 9.17) is 10.2 Å². The number of hydrogen-bond donors (Lipinski definition) is 6. The number of benzene rings is 2. The van der Waals surface area contributed by atoms with Crippen LogP contribution in [-0.2, 0) is 11.8 Å². The van der Waals surface area contributed by atoms with Crippen molar-refractivity contribution in [3.05, 3.63) is 41.0 Å². The van der Waals surface area contributed by atoms with Crippen LogP contribution in [0.25, 0.3) is 0 Å². The zero-order chi connectivity index (χ0) is 20.9. The van der Waals surface area contributed by atoms with Crippen LogP contribution in [0, 0.1) is 0 Å². The molecular formula is C20H26O7. The second-order valence-electron chi connectivity index (χ2n) is 7.13. The fourth-order valence-corrected chi connectivity index (χ4v) is 2.50. The standard InChI is InChI=1S/C10H12O5.C10H14O2/c1-2-3-5-6(10(14)15)4-7(11)9(13)8(5)12;1-10(2,3)8-6-7(11)4-5-9(8)12/h4,11-13H,2-3H2,1H3,(H,14,15);4-6,11-12H,1-3H3. The molecule has 0 aliphatic carbocycles. The number of carbonyl (C=O) groups is 1. The number of phenolic OH excluding ortho intramolecular Hbond substituents is 5. The molecule has 0 fully saturated rings. The van der Waals surface area contributed by atoms with Crippen LogP contribution in [-0.4, -0.2) is 36.6 Å². The SMILES string of the molecule is CC(C)(C)c1cc(O)ccc1O.CCCc1c(C(=O)O)cc(O)c(O)c1O. The molecule has 7 nitrogen and oxygen atoms in total. The summed E-state index contributed by atoms with van der Waals surface area (Å²) >= 11 is 0. The highest BCUT2D eigenvalue weighted by atomic mass is 16.4. The molecule has 0 saturated heterocycles. The summed E-state index contributed by atoms with van der Waals surface area (Å²) < 4.78 is 0. The number of rotatable bonds is 3.